The van der Waals surface area contributed by atoms with Gasteiger partial charge >= 0.3 is 5.97 Å². The summed E-state index contributed by atoms with van der Waals surface area (Å²) in [6.45, 7) is 2.86. The van der Waals surface area contributed by atoms with Gasteiger partial charge in [-0.1, -0.05) is 30.3 Å². The third kappa shape index (κ3) is 4.54. The highest BCUT2D eigenvalue weighted by Gasteiger charge is 2.15. The van der Waals surface area contributed by atoms with E-state index in [1.54, 1.807) is 0 Å². The Hall–Kier alpha value is -2.89. The zero-order valence-corrected chi connectivity index (χ0v) is 13.0. The summed E-state index contributed by atoms with van der Waals surface area (Å²) in [6.07, 6.45) is 1.43. The van der Waals surface area contributed by atoms with Crippen LogP contribution in [0.3, 0.4) is 0 Å². The van der Waals surface area contributed by atoms with Gasteiger partial charge in [-0.25, -0.2) is 4.79 Å². The molecule has 0 aliphatic carbocycles. The topological polar surface area (TPSA) is 88.3 Å². The molecule has 2 rings (SSSR count). The van der Waals surface area contributed by atoms with E-state index in [2.05, 4.69) is 10.3 Å². The van der Waals surface area contributed by atoms with Crippen molar-refractivity contribution in [2.45, 2.75) is 19.9 Å². The van der Waals surface area contributed by atoms with Gasteiger partial charge in [0, 0.05) is 11.8 Å². The number of nitrogens with one attached hydrogen (secondary N) is 2. The van der Waals surface area contributed by atoms with E-state index in [-0.39, 0.29) is 24.1 Å². The lowest BCUT2D eigenvalue weighted by Crippen LogP contribution is -2.31. The molecule has 120 valence electrons. The van der Waals surface area contributed by atoms with Crippen LogP contribution in [0.15, 0.2) is 42.6 Å². The van der Waals surface area contributed by atoms with Crippen LogP contribution in [0.2, 0.25) is 0 Å². The summed E-state index contributed by atoms with van der Waals surface area (Å²) < 4.78 is 4.93. The number of ketones is 1. The van der Waals surface area contributed by atoms with Crippen LogP contribution < -0.4 is 5.32 Å². The molecule has 1 amide bonds. The quantitative estimate of drug-likeness (QED) is 0.632. The summed E-state index contributed by atoms with van der Waals surface area (Å²) in [4.78, 5) is 37.4. The van der Waals surface area contributed by atoms with Crippen LogP contribution in [0.1, 0.15) is 46.3 Å². The number of hydrogen-bond donors (Lipinski definition) is 2. The van der Waals surface area contributed by atoms with Crippen LogP contribution in [0.25, 0.3) is 0 Å². The Bertz CT molecular complexity index is 706. The van der Waals surface area contributed by atoms with Gasteiger partial charge in [0.2, 0.25) is 0 Å². The maximum atomic E-state index is 11.8. The molecule has 1 heterocycles. The van der Waals surface area contributed by atoms with Gasteiger partial charge in [-0.3, -0.25) is 9.59 Å². The largest absolute Gasteiger partial charge is 0.451 e. The number of benzene rings is 1. The number of Topliss-reactive ketones (excluding diaryl/α,β-unsaturated/α-hetero) is 1. The van der Waals surface area contributed by atoms with Gasteiger partial charge < -0.3 is 15.0 Å². The molecule has 2 aromatic rings. The SMILES string of the molecule is CC(=O)c1c[nH]c(C(=O)OCC(=O)N[C@@H](C)c2ccccc2)c1. The minimum atomic E-state index is -0.681. The molecule has 0 unspecified atom stereocenters. The molecule has 0 aliphatic rings. The van der Waals surface area contributed by atoms with Gasteiger partial charge in [0.25, 0.3) is 5.91 Å². The molecule has 1 atom stereocenters. The molecule has 0 saturated carbocycles. The van der Waals surface area contributed by atoms with Crippen LogP contribution >= 0.6 is 0 Å². The van der Waals surface area contributed by atoms with Crippen LogP contribution in [0, 0.1) is 0 Å². The number of aromatic nitrogens is 1. The Morgan fingerprint density at radius 3 is 2.52 bits per heavy atom. The van der Waals surface area contributed by atoms with Crippen molar-refractivity contribution in [3.05, 3.63) is 59.4 Å². The summed E-state index contributed by atoms with van der Waals surface area (Å²) in [5.74, 6) is -1.23. The molecule has 23 heavy (non-hydrogen) atoms. The molecule has 6 heteroatoms. The first kappa shape index (κ1) is 16.5. The van der Waals surface area contributed by atoms with Crippen molar-refractivity contribution < 1.29 is 19.1 Å². The summed E-state index contributed by atoms with van der Waals surface area (Å²) >= 11 is 0. The number of rotatable bonds is 6. The second-order valence-corrected chi connectivity index (χ2v) is 5.13. The molecule has 0 bridgehead atoms. The fraction of sp³-hybridized carbons (Fsp3) is 0.235. The molecule has 0 fully saturated rings. The molecule has 0 spiro atoms. The first-order valence-corrected chi connectivity index (χ1v) is 7.18. The number of esters is 1. The molecule has 0 radical (unpaired) electrons. The Morgan fingerprint density at radius 2 is 1.91 bits per heavy atom. The third-order valence-electron chi connectivity index (χ3n) is 3.32. The van der Waals surface area contributed by atoms with Gasteiger partial charge in [-0.15, -0.1) is 0 Å². The Morgan fingerprint density at radius 1 is 1.22 bits per heavy atom. The summed E-state index contributed by atoms with van der Waals surface area (Å²) in [7, 11) is 0. The van der Waals surface area contributed by atoms with Gasteiger partial charge in [0.1, 0.15) is 5.69 Å². The predicted molar refractivity (Wildman–Crippen MR) is 84.1 cm³/mol. The zero-order chi connectivity index (χ0) is 16.8. The van der Waals surface area contributed by atoms with Crippen molar-refractivity contribution >= 4 is 17.7 Å². The van der Waals surface area contributed by atoms with E-state index in [1.807, 2.05) is 37.3 Å². The number of ether oxygens (including phenoxy) is 1. The molecule has 0 saturated heterocycles. The minimum Gasteiger partial charge on any atom is -0.451 e. The van der Waals surface area contributed by atoms with Gasteiger partial charge in [0.05, 0.1) is 6.04 Å². The number of carbonyl (C=O) groups excluding carboxylic acids is 3. The van der Waals surface area contributed by atoms with Crippen molar-refractivity contribution in [2.24, 2.45) is 0 Å². The molecule has 1 aromatic carbocycles. The Labute approximate surface area is 133 Å². The number of carbonyl (C=O) groups is 3. The molecule has 1 aromatic heterocycles. The number of hydrogen-bond acceptors (Lipinski definition) is 4. The fourth-order valence-electron chi connectivity index (χ4n) is 2.03. The first-order chi connectivity index (χ1) is 11.0. The fourth-order valence-corrected chi connectivity index (χ4v) is 2.03. The third-order valence-corrected chi connectivity index (χ3v) is 3.32. The van der Waals surface area contributed by atoms with E-state index in [9.17, 15) is 14.4 Å². The summed E-state index contributed by atoms with van der Waals surface area (Å²) in [5, 5.41) is 2.75. The maximum Gasteiger partial charge on any atom is 0.355 e. The molecular weight excluding hydrogens is 296 g/mol. The van der Waals surface area contributed by atoms with Crippen LogP contribution in [0.4, 0.5) is 0 Å². The van der Waals surface area contributed by atoms with Gasteiger partial charge in [-0.05, 0) is 25.5 Å². The van der Waals surface area contributed by atoms with E-state index in [1.165, 1.54) is 19.2 Å². The van der Waals surface area contributed by atoms with Crippen molar-refractivity contribution in [2.75, 3.05) is 6.61 Å². The summed E-state index contributed by atoms with van der Waals surface area (Å²) in [5.41, 5.74) is 1.49. The van der Waals surface area contributed by atoms with Crippen LogP contribution in [-0.2, 0) is 9.53 Å². The average Bonchev–Trinajstić information content (AvgIpc) is 3.03. The second kappa shape index (κ2) is 7.40. The lowest BCUT2D eigenvalue weighted by Gasteiger charge is -2.14. The first-order valence-electron chi connectivity index (χ1n) is 7.18. The molecule has 0 aliphatic heterocycles. The predicted octanol–water partition coefficient (Wildman–Crippen LogP) is 2.25. The average molecular weight is 314 g/mol. The second-order valence-electron chi connectivity index (χ2n) is 5.13. The van der Waals surface area contributed by atoms with Crippen molar-refractivity contribution in [3.8, 4) is 0 Å². The van der Waals surface area contributed by atoms with E-state index in [4.69, 9.17) is 4.74 Å². The molecule has 2 N–H and O–H groups in total. The number of H-pyrrole nitrogens is 1. The lowest BCUT2D eigenvalue weighted by molar-refractivity contribution is -0.124. The van der Waals surface area contributed by atoms with Gasteiger partial charge in [-0.2, -0.15) is 0 Å². The van der Waals surface area contributed by atoms with Crippen molar-refractivity contribution in [1.29, 1.82) is 0 Å². The zero-order valence-electron chi connectivity index (χ0n) is 13.0. The Kier molecular flexibility index (Phi) is 5.30. The van der Waals surface area contributed by atoms with Crippen LogP contribution in [-0.4, -0.2) is 29.3 Å². The van der Waals surface area contributed by atoms with Gasteiger partial charge in [0.15, 0.2) is 12.4 Å². The van der Waals surface area contributed by atoms with E-state index in [0.717, 1.165) is 5.56 Å². The van der Waals surface area contributed by atoms with E-state index in [0.29, 0.717) is 5.56 Å². The normalized spacial score (nSPS) is 11.6. The monoisotopic (exact) mass is 314 g/mol. The van der Waals surface area contributed by atoms with Crippen molar-refractivity contribution in [1.82, 2.24) is 10.3 Å². The van der Waals surface area contributed by atoms with E-state index >= 15 is 0 Å². The van der Waals surface area contributed by atoms with E-state index < -0.39 is 11.9 Å². The highest BCUT2D eigenvalue weighted by molar-refractivity contribution is 5.97. The number of amides is 1. The number of aromatic amines is 1. The maximum absolute atomic E-state index is 11.8. The standard InChI is InChI=1S/C17H18N2O4/c1-11(13-6-4-3-5-7-13)19-16(21)10-23-17(22)15-8-14(9-18-15)12(2)20/h3-9,11,18H,10H2,1-2H3,(H,19,21)/t11-/m0/s1. The molecule has 6 nitrogen and oxygen atoms in total. The smallest absolute Gasteiger partial charge is 0.355 e. The highest BCUT2D eigenvalue weighted by Crippen LogP contribution is 2.11. The Balaban J connectivity index is 1.84. The van der Waals surface area contributed by atoms with Crippen LogP contribution in [0.5, 0.6) is 0 Å². The highest BCUT2D eigenvalue weighted by atomic mass is 16.5. The lowest BCUT2D eigenvalue weighted by atomic mass is 10.1. The summed E-state index contributed by atoms with van der Waals surface area (Å²) in [6, 6.07) is 10.7. The molecular formula is C17H18N2O4. The van der Waals surface area contributed by atoms with Crippen molar-refractivity contribution in [3.63, 3.8) is 0 Å². The minimum absolute atomic E-state index is 0.138.